The minimum absolute atomic E-state index is 0.0248. The van der Waals surface area contributed by atoms with E-state index in [4.69, 9.17) is 0 Å². The Bertz CT molecular complexity index is 1470. The number of benzene rings is 2. The number of carbonyl (C=O) groups is 1. The van der Waals surface area contributed by atoms with Crippen LogP contribution in [0.5, 0.6) is 0 Å². The first-order chi connectivity index (χ1) is 16.9. The molecule has 5 rings (SSSR count). The molecule has 2 aromatic carbocycles. The summed E-state index contributed by atoms with van der Waals surface area (Å²) in [5.74, 6) is -0.0248. The summed E-state index contributed by atoms with van der Waals surface area (Å²) in [6.45, 7) is 14.6. The zero-order chi connectivity index (χ0) is 24.7. The number of fused-ring (bicyclic) bond motifs is 2. The number of rotatable bonds is 5. The zero-order valence-electron chi connectivity index (χ0n) is 20.5. The van der Waals surface area contributed by atoms with E-state index in [0.29, 0.717) is 5.57 Å². The van der Waals surface area contributed by atoms with Crippen LogP contribution in [0.4, 0.5) is 5.69 Å². The van der Waals surface area contributed by atoms with E-state index in [-0.39, 0.29) is 11.9 Å². The summed E-state index contributed by atoms with van der Waals surface area (Å²) in [7, 11) is 0. The van der Waals surface area contributed by atoms with Gasteiger partial charge in [0.2, 0.25) is 0 Å². The van der Waals surface area contributed by atoms with Crippen LogP contribution in [0.3, 0.4) is 0 Å². The minimum atomic E-state index is -0.325. The van der Waals surface area contributed by atoms with Crippen LogP contribution in [0.2, 0.25) is 0 Å². The summed E-state index contributed by atoms with van der Waals surface area (Å²) >= 11 is 0. The summed E-state index contributed by atoms with van der Waals surface area (Å²) in [5, 5.41) is 0. The highest BCUT2D eigenvalue weighted by Crippen LogP contribution is 2.45. The third kappa shape index (κ3) is 3.81. The summed E-state index contributed by atoms with van der Waals surface area (Å²) < 4.78 is 0. The molecule has 2 nitrogen and oxygen atoms in total. The lowest BCUT2D eigenvalue weighted by molar-refractivity contribution is -0.113. The lowest BCUT2D eigenvalue weighted by Gasteiger charge is -2.29. The van der Waals surface area contributed by atoms with Gasteiger partial charge >= 0.3 is 0 Å². The fourth-order valence-electron chi connectivity index (χ4n) is 5.35. The maximum absolute atomic E-state index is 14.1. The van der Waals surface area contributed by atoms with E-state index in [1.165, 1.54) is 27.8 Å². The molecule has 3 aliphatic rings. The number of aryl methyl sites for hydroxylation is 3. The molecule has 0 fully saturated rings. The summed E-state index contributed by atoms with van der Waals surface area (Å²) in [5.41, 5.74) is 11.5. The van der Waals surface area contributed by atoms with Gasteiger partial charge in [0, 0.05) is 11.1 Å². The highest BCUT2D eigenvalue weighted by atomic mass is 16.2. The number of amides is 1. The molecule has 0 radical (unpaired) electrons. The van der Waals surface area contributed by atoms with Crippen LogP contribution in [0, 0.1) is 20.8 Å². The van der Waals surface area contributed by atoms with Crippen molar-refractivity contribution >= 4 is 23.2 Å². The molecule has 2 aliphatic carbocycles. The molecule has 0 saturated carbocycles. The first-order valence-corrected chi connectivity index (χ1v) is 11.9. The molecule has 1 aliphatic heterocycles. The quantitative estimate of drug-likeness (QED) is 0.220. The molecule has 1 heterocycles. The molecular weight excluding hydrogens is 426 g/mol. The minimum Gasteiger partial charge on any atom is -0.296 e. The fourth-order valence-corrected chi connectivity index (χ4v) is 5.35. The first-order valence-electron chi connectivity index (χ1n) is 11.9. The van der Waals surface area contributed by atoms with Gasteiger partial charge in [0.05, 0.1) is 11.7 Å². The van der Waals surface area contributed by atoms with E-state index in [1.807, 2.05) is 59.5 Å². The van der Waals surface area contributed by atoms with Crippen LogP contribution in [-0.4, -0.2) is 5.91 Å². The van der Waals surface area contributed by atoms with E-state index in [2.05, 4.69) is 64.3 Å². The Balaban J connectivity index is 1.69. The Labute approximate surface area is 207 Å². The number of carbonyl (C=O) groups excluding carboxylic acids is 1. The van der Waals surface area contributed by atoms with E-state index < -0.39 is 0 Å². The van der Waals surface area contributed by atoms with Gasteiger partial charge < -0.3 is 0 Å². The largest absolute Gasteiger partial charge is 0.296 e. The van der Waals surface area contributed by atoms with Gasteiger partial charge in [-0.25, -0.2) is 0 Å². The van der Waals surface area contributed by atoms with Crippen LogP contribution in [0.1, 0.15) is 39.4 Å². The molecule has 0 bridgehead atoms. The third-order valence-corrected chi connectivity index (χ3v) is 6.88. The van der Waals surface area contributed by atoms with Gasteiger partial charge in [0.1, 0.15) is 0 Å². The second kappa shape index (κ2) is 8.88. The second-order valence-electron chi connectivity index (χ2n) is 9.32. The molecule has 0 spiro atoms. The number of para-hydroxylation sites is 1. The van der Waals surface area contributed by atoms with Gasteiger partial charge in [-0.15, -0.1) is 0 Å². The SMILES string of the molecule is C=CC(=C)C(c1ccccc1)N1C(=O)/C(=C\c2ccc3c(C)cc(C)cc(C)c2-3)c2ccccc21. The van der Waals surface area contributed by atoms with Gasteiger partial charge in [0.15, 0.2) is 0 Å². The average molecular weight is 456 g/mol. The van der Waals surface area contributed by atoms with Crippen molar-refractivity contribution in [3.8, 4) is 11.1 Å². The van der Waals surface area contributed by atoms with Crippen molar-refractivity contribution < 1.29 is 4.79 Å². The summed E-state index contributed by atoms with van der Waals surface area (Å²) in [4.78, 5) is 16.0. The molecule has 2 heteroatoms. The average Bonchev–Trinajstić information content (AvgIpc) is 3.37. The predicted molar refractivity (Wildman–Crippen MR) is 148 cm³/mol. The standard InChI is InChI=1S/C33H29NO/c1-6-22(3)32(25-12-8-7-9-13-25)34-30-15-11-10-14-28(30)29(33(34)35)20-26-16-17-27-23(4)18-21(2)19-24(5)31(26)27/h6-20,32H,1,3H2,2,4-5H3/b29-20-. The van der Waals surface area contributed by atoms with Crippen molar-refractivity contribution in [3.05, 3.63) is 137 Å². The number of nitrogens with zero attached hydrogens (tertiary/aromatic N) is 1. The molecule has 0 saturated heterocycles. The highest BCUT2D eigenvalue weighted by Gasteiger charge is 2.38. The van der Waals surface area contributed by atoms with Gasteiger partial charge in [0.25, 0.3) is 5.91 Å². The monoisotopic (exact) mass is 455 g/mol. The van der Waals surface area contributed by atoms with Gasteiger partial charge in [-0.1, -0.05) is 97.6 Å². The fraction of sp³-hybridized carbons (Fsp3) is 0.121. The Morgan fingerprint density at radius 2 is 1.54 bits per heavy atom. The van der Waals surface area contributed by atoms with Crippen molar-refractivity contribution in [1.82, 2.24) is 0 Å². The maximum atomic E-state index is 14.1. The van der Waals surface area contributed by atoms with E-state index in [1.54, 1.807) is 6.08 Å². The number of hydrogen-bond acceptors (Lipinski definition) is 1. The lowest BCUT2D eigenvalue weighted by Crippen LogP contribution is -2.32. The Kier molecular flexibility index (Phi) is 5.74. The van der Waals surface area contributed by atoms with Crippen molar-refractivity contribution in [1.29, 1.82) is 0 Å². The number of hydrogen-bond donors (Lipinski definition) is 0. The van der Waals surface area contributed by atoms with Crippen LogP contribution in [0.25, 0.3) is 22.8 Å². The molecular formula is C33H29NO. The highest BCUT2D eigenvalue weighted by molar-refractivity contribution is 6.36. The predicted octanol–water partition coefficient (Wildman–Crippen LogP) is 8.09. The normalized spacial score (nSPS) is 14.9. The summed E-state index contributed by atoms with van der Waals surface area (Å²) in [6, 6.07) is 26.5. The van der Waals surface area contributed by atoms with Crippen LogP contribution >= 0.6 is 0 Å². The maximum Gasteiger partial charge on any atom is 0.259 e. The molecule has 35 heavy (non-hydrogen) atoms. The molecule has 1 unspecified atom stereocenters. The van der Waals surface area contributed by atoms with E-state index in [9.17, 15) is 4.79 Å². The molecule has 1 atom stereocenters. The van der Waals surface area contributed by atoms with Crippen molar-refractivity contribution in [2.75, 3.05) is 4.90 Å². The van der Waals surface area contributed by atoms with Crippen molar-refractivity contribution in [2.45, 2.75) is 26.8 Å². The molecule has 2 aromatic rings. The van der Waals surface area contributed by atoms with Crippen molar-refractivity contribution in [3.63, 3.8) is 0 Å². The Morgan fingerprint density at radius 3 is 2.29 bits per heavy atom. The second-order valence-corrected chi connectivity index (χ2v) is 9.32. The molecule has 1 amide bonds. The van der Waals surface area contributed by atoms with Gasteiger partial charge in [-0.2, -0.15) is 0 Å². The first kappa shape index (κ1) is 22.6. The van der Waals surface area contributed by atoms with E-state index in [0.717, 1.165) is 28.0 Å². The lowest BCUT2D eigenvalue weighted by atomic mass is 9.97. The van der Waals surface area contributed by atoms with Crippen LogP contribution < -0.4 is 4.90 Å². The van der Waals surface area contributed by atoms with Gasteiger partial charge in [-0.05, 0) is 71.9 Å². The van der Waals surface area contributed by atoms with Crippen molar-refractivity contribution in [2.24, 2.45) is 0 Å². The smallest absolute Gasteiger partial charge is 0.259 e. The third-order valence-electron chi connectivity index (χ3n) is 6.88. The van der Waals surface area contributed by atoms with Crippen LogP contribution in [-0.2, 0) is 4.79 Å². The molecule has 172 valence electrons. The zero-order valence-corrected chi connectivity index (χ0v) is 20.5. The number of anilines is 1. The molecule has 0 N–H and O–H groups in total. The van der Waals surface area contributed by atoms with Crippen LogP contribution in [0.15, 0.2) is 104 Å². The van der Waals surface area contributed by atoms with E-state index >= 15 is 0 Å². The van der Waals surface area contributed by atoms with Gasteiger partial charge in [-0.3, -0.25) is 9.69 Å². The Morgan fingerprint density at radius 1 is 0.857 bits per heavy atom. The topological polar surface area (TPSA) is 20.3 Å². The summed E-state index contributed by atoms with van der Waals surface area (Å²) in [6.07, 6.45) is 3.80. The Hall–Kier alpha value is -4.17. The molecule has 0 aromatic heterocycles.